The van der Waals surface area contributed by atoms with Gasteiger partial charge in [-0.2, -0.15) is 5.10 Å². The second-order valence-corrected chi connectivity index (χ2v) is 5.55. The molecule has 110 valence electrons. The normalized spacial score (nSPS) is 18.7. The van der Waals surface area contributed by atoms with Crippen molar-refractivity contribution in [1.82, 2.24) is 20.1 Å². The van der Waals surface area contributed by atoms with Gasteiger partial charge in [0.05, 0.1) is 0 Å². The van der Waals surface area contributed by atoms with Crippen LogP contribution >= 0.6 is 0 Å². The number of carbonyl (C=O) groups excluding carboxylic acids is 1. The average molecular weight is 284 g/mol. The Balaban J connectivity index is 1.55. The number of carbonyl (C=O) groups is 1. The number of rotatable bonds is 4. The van der Waals surface area contributed by atoms with Gasteiger partial charge in [-0.05, 0) is 37.0 Å². The smallest absolute Gasteiger partial charge is 0.222 e. The van der Waals surface area contributed by atoms with Crippen LogP contribution < -0.4 is 0 Å². The number of H-pyrrole nitrogens is 1. The van der Waals surface area contributed by atoms with E-state index in [-0.39, 0.29) is 5.91 Å². The summed E-state index contributed by atoms with van der Waals surface area (Å²) in [7, 11) is 0. The molecular formula is C16H20N4O. The van der Waals surface area contributed by atoms with E-state index in [0.717, 1.165) is 43.6 Å². The lowest BCUT2D eigenvalue weighted by molar-refractivity contribution is -0.132. The molecule has 3 rings (SSSR count). The molecule has 21 heavy (non-hydrogen) atoms. The molecule has 0 aromatic carbocycles. The number of amides is 1. The number of aromatic amines is 1. The highest BCUT2D eigenvalue weighted by atomic mass is 16.2. The predicted octanol–water partition coefficient (Wildman–Crippen LogP) is 2.14. The van der Waals surface area contributed by atoms with Gasteiger partial charge in [-0.3, -0.25) is 14.9 Å². The van der Waals surface area contributed by atoms with E-state index in [2.05, 4.69) is 15.2 Å². The molecule has 2 aromatic rings. The van der Waals surface area contributed by atoms with Crippen LogP contribution in [0, 0.1) is 0 Å². The molecule has 0 bridgehead atoms. The Morgan fingerprint density at radius 2 is 2.33 bits per heavy atom. The van der Waals surface area contributed by atoms with Crippen molar-refractivity contribution in [3.8, 4) is 0 Å². The summed E-state index contributed by atoms with van der Waals surface area (Å²) in [6.45, 7) is 1.67. The maximum absolute atomic E-state index is 12.4. The first-order valence-electron chi connectivity index (χ1n) is 7.49. The van der Waals surface area contributed by atoms with Crippen LogP contribution in [0.25, 0.3) is 0 Å². The molecule has 1 amide bonds. The summed E-state index contributed by atoms with van der Waals surface area (Å²) >= 11 is 0. The quantitative estimate of drug-likeness (QED) is 0.935. The largest absolute Gasteiger partial charge is 0.342 e. The molecule has 2 aromatic heterocycles. The highest BCUT2D eigenvalue weighted by Gasteiger charge is 2.25. The fourth-order valence-electron chi connectivity index (χ4n) is 2.91. The van der Waals surface area contributed by atoms with E-state index in [0.29, 0.717) is 12.3 Å². The maximum atomic E-state index is 12.4. The van der Waals surface area contributed by atoms with Gasteiger partial charge < -0.3 is 4.90 Å². The first-order chi connectivity index (χ1) is 10.3. The third kappa shape index (κ3) is 3.48. The lowest BCUT2D eigenvalue weighted by atomic mass is 9.94. The summed E-state index contributed by atoms with van der Waals surface area (Å²) in [4.78, 5) is 18.4. The summed E-state index contributed by atoms with van der Waals surface area (Å²) in [5, 5.41) is 7.04. The predicted molar refractivity (Wildman–Crippen MR) is 79.7 cm³/mol. The molecule has 1 saturated heterocycles. The molecule has 1 N–H and O–H groups in total. The Morgan fingerprint density at radius 1 is 1.38 bits per heavy atom. The number of pyridine rings is 1. The van der Waals surface area contributed by atoms with E-state index in [9.17, 15) is 4.79 Å². The first-order valence-corrected chi connectivity index (χ1v) is 7.49. The number of nitrogens with one attached hydrogen (secondary N) is 1. The van der Waals surface area contributed by atoms with Crippen LogP contribution in [-0.4, -0.2) is 39.1 Å². The second-order valence-electron chi connectivity index (χ2n) is 5.55. The number of piperidine rings is 1. The van der Waals surface area contributed by atoms with E-state index in [1.165, 1.54) is 0 Å². The molecule has 0 saturated carbocycles. The third-order valence-electron chi connectivity index (χ3n) is 4.09. The molecule has 3 heterocycles. The lowest BCUT2D eigenvalue weighted by Gasteiger charge is -2.32. The van der Waals surface area contributed by atoms with Crippen molar-refractivity contribution in [3.05, 3.63) is 48.0 Å². The summed E-state index contributed by atoms with van der Waals surface area (Å²) in [5.74, 6) is 0.631. The zero-order chi connectivity index (χ0) is 14.5. The topological polar surface area (TPSA) is 61.9 Å². The summed E-state index contributed by atoms with van der Waals surface area (Å²) in [5.41, 5.74) is 2.26. The molecule has 1 fully saturated rings. The van der Waals surface area contributed by atoms with Crippen LogP contribution in [0.1, 0.15) is 36.4 Å². The standard InChI is InChI=1S/C16H20N4O/c21-16(6-5-13-3-1-8-17-11-13)20-10-2-4-14(12-20)15-7-9-18-19-15/h1,3,7-9,11,14H,2,4-6,10,12H2,(H,18,19)/t14-/m1/s1. The van der Waals surface area contributed by atoms with E-state index in [1.807, 2.05) is 29.3 Å². The van der Waals surface area contributed by atoms with Crippen molar-refractivity contribution in [3.63, 3.8) is 0 Å². The van der Waals surface area contributed by atoms with Crippen molar-refractivity contribution in [2.75, 3.05) is 13.1 Å². The van der Waals surface area contributed by atoms with Crippen LogP contribution in [0.5, 0.6) is 0 Å². The number of nitrogens with zero attached hydrogens (tertiary/aromatic N) is 3. The number of hydrogen-bond donors (Lipinski definition) is 1. The SMILES string of the molecule is O=C(CCc1cccnc1)N1CCC[C@@H](c2ccn[nH]2)C1. The van der Waals surface area contributed by atoms with Gasteiger partial charge in [-0.15, -0.1) is 0 Å². The Labute approximate surface area is 124 Å². The fraction of sp³-hybridized carbons (Fsp3) is 0.438. The van der Waals surface area contributed by atoms with E-state index in [4.69, 9.17) is 0 Å². The van der Waals surface area contributed by atoms with Crippen molar-refractivity contribution in [2.45, 2.75) is 31.6 Å². The van der Waals surface area contributed by atoms with Crippen molar-refractivity contribution >= 4 is 5.91 Å². The maximum Gasteiger partial charge on any atom is 0.222 e. The molecule has 0 spiro atoms. The molecule has 1 aliphatic heterocycles. The minimum Gasteiger partial charge on any atom is -0.342 e. The molecule has 0 aliphatic carbocycles. The average Bonchev–Trinajstić information content (AvgIpc) is 3.08. The highest BCUT2D eigenvalue weighted by molar-refractivity contribution is 5.76. The molecule has 0 radical (unpaired) electrons. The van der Waals surface area contributed by atoms with Crippen molar-refractivity contribution < 1.29 is 4.79 Å². The highest BCUT2D eigenvalue weighted by Crippen LogP contribution is 2.25. The number of hydrogen-bond acceptors (Lipinski definition) is 3. The monoisotopic (exact) mass is 284 g/mol. The molecule has 1 aliphatic rings. The number of aryl methyl sites for hydroxylation is 1. The Kier molecular flexibility index (Phi) is 4.28. The first kappa shape index (κ1) is 13.8. The Hall–Kier alpha value is -2.17. The van der Waals surface area contributed by atoms with Gasteiger partial charge >= 0.3 is 0 Å². The molecule has 5 heteroatoms. The van der Waals surface area contributed by atoms with E-state index in [1.54, 1.807) is 12.4 Å². The summed E-state index contributed by atoms with van der Waals surface area (Å²) < 4.78 is 0. The molecular weight excluding hydrogens is 264 g/mol. The lowest BCUT2D eigenvalue weighted by Crippen LogP contribution is -2.39. The second kappa shape index (κ2) is 6.52. The number of likely N-dealkylation sites (tertiary alicyclic amines) is 1. The van der Waals surface area contributed by atoms with Gasteiger partial charge in [0, 0.05) is 49.7 Å². The zero-order valence-corrected chi connectivity index (χ0v) is 12.0. The van der Waals surface area contributed by atoms with Gasteiger partial charge in [0.15, 0.2) is 0 Å². The van der Waals surface area contributed by atoms with Gasteiger partial charge in [0.2, 0.25) is 5.91 Å². The Bertz CT molecular complexity index is 567. The van der Waals surface area contributed by atoms with Crippen LogP contribution in [0.3, 0.4) is 0 Å². The zero-order valence-electron chi connectivity index (χ0n) is 12.0. The summed E-state index contributed by atoms with van der Waals surface area (Å²) in [6, 6.07) is 5.94. The molecule has 0 unspecified atom stereocenters. The van der Waals surface area contributed by atoms with E-state index >= 15 is 0 Å². The molecule has 1 atom stereocenters. The van der Waals surface area contributed by atoms with Gasteiger partial charge in [-0.25, -0.2) is 0 Å². The van der Waals surface area contributed by atoms with Crippen molar-refractivity contribution in [1.29, 1.82) is 0 Å². The minimum atomic E-state index is 0.239. The molecule has 5 nitrogen and oxygen atoms in total. The van der Waals surface area contributed by atoms with Gasteiger partial charge in [0.1, 0.15) is 0 Å². The fourth-order valence-corrected chi connectivity index (χ4v) is 2.91. The Morgan fingerprint density at radius 3 is 3.10 bits per heavy atom. The summed E-state index contributed by atoms with van der Waals surface area (Å²) in [6.07, 6.45) is 8.86. The van der Waals surface area contributed by atoms with Crippen LogP contribution in [0.4, 0.5) is 0 Å². The van der Waals surface area contributed by atoms with Gasteiger partial charge in [-0.1, -0.05) is 6.07 Å². The van der Waals surface area contributed by atoms with E-state index < -0.39 is 0 Å². The third-order valence-corrected chi connectivity index (χ3v) is 4.09. The van der Waals surface area contributed by atoms with Crippen LogP contribution in [-0.2, 0) is 11.2 Å². The van der Waals surface area contributed by atoms with Gasteiger partial charge in [0.25, 0.3) is 0 Å². The number of aromatic nitrogens is 3. The van der Waals surface area contributed by atoms with Crippen LogP contribution in [0.2, 0.25) is 0 Å². The van der Waals surface area contributed by atoms with Crippen molar-refractivity contribution in [2.24, 2.45) is 0 Å². The van der Waals surface area contributed by atoms with Crippen LogP contribution in [0.15, 0.2) is 36.8 Å². The minimum absolute atomic E-state index is 0.239.